The molecule has 0 aliphatic carbocycles. The van der Waals surface area contributed by atoms with Gasteiger partial charge in [0.05, 0.1) is 19.1 Å². The van der Waals surface area contributed by atoms with E-state index in [1.165, 1.54) is 83.5 Å². The van der Waals surface area contributed by atoms with E-state index in [2.05, 4.69) is 28.7 Å². The first-order valence-electron chi connectivity index (χ1n) is 11.8. The molecule has 0 radical (unpaired) electrons. The molecule has 0 heterocycles. The van der Waals surface area contributed by atoms with Gasteiger partial charge in [0.15, 0.2) is 0 Å². The Labute approximate surface area is 198 Å². The molecule has 192 valence electrons. The Balaban J connectivity index is -0.000000428. The Morgan fingerprint density at radius 1 is 0.613 bits per heavy atom. The van der Waals surface area contributed by atoms with Crippen LogP contribution < -0.4 is 0 Å². The second kappa shape index (κ2) is 26.4. The second-order valence-corrected chi connectivity index (χ2v) is 12.6. The highest BCUT2D eigenvalue weighted by Gasteiger charge is 2.00. The van der Waals surface area contributed by atoms with E-state index in [9.17, 15) is 16.8 Å². The summed E-state index contributed by atoms with van der Waals surface area (Å²) >= 11 is 0. The quantitative estimate of drug-likeness (QED) is 0.130. The first kappa shape index (κ1) is 35.7. The van der Waals surface area contributed by atoms with E-state index < -0.39 is 19.2 Å². The summed E-state index contributed by atoms with van der Waals surface area (Å²) in [4.78, 5) is 0. The van der Waals surface area contributed by atoms with Crippen molar-refractivity contribution in [1.82, 2.24) is 0 Å². The zero-order valence-electron chi connectivity index (χ0n) is 20.4. The van der Waals surface area contributed by atoms with Crippen LogP contribution in [-0.2, 0) is 23.4 Å². The van der Waals surface area contributed by atoms with Gasteiger partial charge in [-0.15, -0.1) is 0 Å². The molecular weight excluding hydrogens is 460 g/mol. The van der Waals surface area contributed by atoms with E-state index in [0.29, 0.717) is 13.2 Å². The van der Waals surface area contributed by atoms with Crippen LogP contribution in [-0.4, -0.2) is 47.7 Å². The molecule has 6 nitrogen and oxygen atoms in total. The summed E-state index contributed by atoms with van der Waals surface area (Å²) in [6.45, 7) is 5.16. The lowest BCUT2D eigenvalue weighted by atomic mass is 10.1. The fourth-order valence-electron chi connectivity index (χ4n) is 2.69. The van der Waals surface area contributed by atoms with Crippen molar-refractivity contribution in [3.05, 3.63) is 0 Å². The van der Waals surface area contributed by atoms with Crippen molar-refractivity contribution in [2.75, 3.05) is 25.7 Å². The van der Waals surface area contributed by atoms with E-state index in [1.807, 2.05) is 0 Å². The molecule has 0 saturated heterocycles. The van der Waals surface area contributed by atoms with Gasteiger partial charge in [-0.3, -0.25) is 4.18 Å². The van der Waals surface area contributed by atoms with Gasteiger partial charge in [0.1, 0.15) is 0 Å². The van der Waals surface area contributed by atoms with Gasteiger partial charge in [0, 0.05) is 17.3 Å². The number of hydrogen-bond donors (Lipinski definition) is 1. The summed E-state index contributed by atoms with van der Waals surface area (Å²) in [5.74, 6) is 0. The highest BCUT2D eigenvalue weighted by atomic mass is 35.7. The molecule has 0 aromatic heterocycles. The minimum absolute atomic E-state index is 0.341. The molecule has 0 aliphatic rings. The van der Waals surface area contributed by atoms with Crippen LogP contribution in [0.1, 0.15) is 117 Å². The van der Waals surface area contributed by atoms with E-state index in [4.69, 9.17) is 5.11 Å². The lowest BCUT2D eigenvalue weighted by molar-refractivity contribution is 0.282. The molecule has 0 aromatic rings. The maximum Gasteiger partial charge on any atom is 0.264 e. The average Bonchev–Trinajstić information content (AvgIpc) is 2.64. The molecular formula is C22H49ClO6S2. The van der Waals surface area contributed by atoms with Gasteiger partial charge in [0.25, 0.3) is 10.1 Å². The summed E-state index contributed by atoms with van der Waals surface area (Å²) in [7, 11) is -1.92. The van der Waals surface area contributed by atoms with Gasteiger partial charge in [-0.05, 0) is 12.8 Å². The van der Waals surface area contributed by atoms with E-state index in [1.54, 1.807) is 0 Å². The lowest BCUT2D eigenvalue weighted by Crippen LogP contribution is -2.03. The first-order chi connectivity index (χ1) is 14.5. The van der Waals surface area contributed by atoms with E-state index in [-0.39, 0.29) is 0 Å². The van der Waals surface area contributed by atoms with Gasteiger partial charge in [-0.1, -0.05) is 104 Å². The van der Waals surface area contributed by atoms with Gasteiger partial charge in [-0.25, -0.2) is 8.42 Å². The summed E-state index contributed by atoms with van der Waals surface area (Å²) in [6.07, 6.45) is 22.0. The van der Waals surface area contributed by atoms with Crippen molar-refractivity contribution in [3.8, 4) is 0 Å². The van der Waals surface area contributed by atoms with Crippen LogP contribution in [0, 0.1) is 0 Å². The number of aliphatic hydroxyl groups is 1. The highest BCUT2D eigenvalue weighted by Crippen LogP contribution is 2.09. The molecule has 31 heavy (non-hydrogen) atoms. The zero-order valence-corrected chi connectivity index (χ0v) is 22.8. The van der Waals surface area contributed by atoms with Crippen LogP contribution in [0.2, 0.25) is 0 Å². The fraction of sp³-hybridized carbons (Fsp3) is 1.00. The zero-order chi connectivity index (χ0) is 24.4. The monoisotopic (exact) mass is 508 g/mol. The third kappa shape index (κ3) is 58.8. The molecule has 0 amide bonds. The molecule has 0 rings (SSSR count). The van der Waals surface area contributed by atoms with Crippen LogP contribution >= 0.6 is 10.7 Å². The number of halogens is 1. The average molecular weight is 509 g/mol. The van der Waals surface area contributed by atoms with E-state index >= 15 is 0 Å². The van der Waals surface area contributed by atoms with Crippen molar-refractivity contribution in [2.45, 2.75) is 117 Å². The summed E-state index contributed by atoms with van der Waals surface area (Å²) in [5, 5.41) is 8.51. The number of rotatable bonds is 18. The molecule has 0 aliphatic heterocycles. The third-order valence-electron chi connectivity index (χ3n) is 4.31. The molecule has 0 aromatic carbocycles. The topological polar surface area (TPSA) is 97.7 Å². The van der Waals surface area contributed by atoms with Crippen molar-refractivity contribution in [2.24, 2.45) is 0 Å². The predicted octanol–water partition coefficient (Wildman–Crippen LogP) is 6.41. The van der Waals surface area contributed by atoms with Crippen molar-refractivity contribution in [1.29, 1.82) is 0 Å². The summed E-state index contributed by atoms with van der Waals surface area (Å²) in [5.41, 5.74) is 0. The predicted molar refractivity (Wildman–Crippen MR) is 134 cm³/mol. The number of hydrogen-bond acceptors (Lipinski definition) is 6. The van der Waals surface area contributed by atoms with Crippen LogP contribution in [0.15, 0.2) is 0 Å². The Morgan fingerprint density at radius 3 is 1.19 bits per heavy atom. The number of unbranched alkanes of at least 4 members (excludes halogenated alkanes) is 14. The maximum absolute atomic E-state index is 10.6. The number of aliphatic hydroxyl groups excluding tert-OH is 1. The van der Waals surface area contributed by atoms with Crippen LogP contribution in [0.4, 0.5) is 0 Å². The summed E-state index contributed by atoms with van der Waals surface area (Å²) < 4.78 is 44.7. The standard InChI is InChI=1S/C11H24O3S.C10H22O.CH3ClO2S/c1-3-4-5-6-7-8-9-10-11-14-15(2,12)13;1-2-3-4-5-6-7-8-9-10-11;1-5(2,3)4/h3-11H2,1-2H3;11H,2-10H2,1H3;1H3. The second-order valence-electron chi connectivity index (χ2n) is 7.88. The Hall–Kier alpha value is 0.110. The molecule has 9 heteroatoms. The first-order valence-corrected chi connectivity index (χ1v) is 16.4. The van der Waals surface area contributed by atoms with Gasteiger partial charge >= 0.3 is 0 Å². The fourth-order valence-corrected chi connectivity index (χ4v) is 3.11. The minimum atomic E-state index is -3.23. The van der Waals surface area contributed by atoms with Gasteiger partial charge < -0.3 is 5.11 Å². The SMILES string of the molecule is CCCCCCCCCCO.CCCCCCCCCCOS(C)(=O)=O.CS(=O)(=O)Cl. The van der Waals surface area contributed by atoms with Crippen LogP contribution in [0.25, 0.3) is 0 Å². The molecule has 0 saturated carbocycles. The van der Waals surface area contributed by atoms with Crippen molar-refractivity contribution >= 4 is 29.9 Å². The molecule has 0 spiro atoms. The largest absolute Gasteiger partial charge is 0.396 e. The Morgan fingerprint density at radius 2 is 0.903 bits per heavy atom. The van der Waals surface area contributed by atoms with Crippen molar-refractivity contribution in [3.63, 3.8) is 0 Å². The molecule has 1 N–H and O–H groups in total. The lowest BCUT2D eigenvalue weighted by Gasteiger charge is -2.02. The Kier molecular flexibility index (Phi) is 30.4. The van der Waals surface area contributed by atoms with Crippen LogP contribution in [0.3, 0.4) is 0 Å². The van der Waals surface area contributed by atoms with Gasteiger partial charge in [0.2, 0.25) is 9.05 Å². The van der Waals surface area contributed by atoms with Gasteiger partial charge in [-0.2, -0.15) is 8.42 Å². The minimum Gasteiger partial charge on any atom is -0.396 e. The Bertz CT molecular complexity index is 520. The normalized spacial score (nSPS) is 11.3. The smallest absolute Gasteiger partial charge is 0.264 e. The molecule has 0 fully saturated rings. The van der Waals surface area contributed by atoms with Crippen molar-refractivity contribution < 1.29 is 26.1 Å². The molecule has 0 unspecified atom stereocenters. The third-order valence-corrected chi connectivity index (χ3v) is 4.90. The highest BCUT2D eigenvalue weighted by molar-refractivity contribution is 8.13. The maximum atomic E-state index is 10.6. The summed E-state index contributed by atoms with van der Waals surface area (Å²) in [6, 6.07) is 0. The van der Waals surface area contributed by atoms with Crippen LogP contribution in [0.5, 0.6) is 0 Å². The van der Waals surface area contributed by atoms with E-state index in [0.717, 1.165) is 31.8 Å². The molecule has 0 atom stereocenters. The molecule has 0 bridgehead atoms.